The number of aliphatic hydroxyl groups excluding tert-OH is 1. The SMILES string of the molecule is COc1cccc(CN2CCNC(=O)C2CC(=O)N(CCO)Cc2ccccc2)c1OC. The first-order valence-corrected chi connectivity index (χ1v) is 10.7. The molecular weight excluding hydrogens is 410 g/mol. The number of carbonyl (C=O) groups excluding carboxylic acids is 2. The maximum atomic E-state index is 13.1. The van der Waals surface area contributed by atoms with E-state index < -0.39 is 6.04 Å². The lowest BCUT2D eigenvalue weighted by molar-refractivity contribution is -0.139. The molecule has 1 fully saturated rings. The molecule has 0 radical (unpaired) electrons. The van der Waals surface area contributed by atoms with Crippen LogP contribution in [0.5, 0.6) is 11.5 Å². The Morgan fingerprint density at radius 2 is 1.94 bits per heavy atom. The minimum absolute atomic E-state index is 0.0327. The van der Waals surface area contributed by atoms with Crippen LogP contribution in [0.2, 0.25) is 0 Å². The third kappa shape index (κ3) is 5.77. The summed E-state index contributed by atoms with van der Waals surface area (Å²) in [6, 6.07) is 14.6. The Morgan fingerprint density at radius 3 is 2.62 bits per heavy atom. The lowest BCUT2D eigenvalue weighted by atomic mass is 10.0. The Labute approximate surface area is 188 Å². The number of para-hydroxylation sites is 1. The van der Waals surface area contributed by atoms with Gasteiger partial charge in [-0.15, -0.1) is 0 Å². The fourth-order valence-electron chi connectivity index (χ4n) is 3.98. The maximum Gasteiger partial charge on any atom is 0.237 e. The topological polar surface area (TPSA) is 91.3 Å². The van der Waals surface area contributed by atoms with Crippen LogP contribution in [0.15, 0.2) is 48.5 Å². The van der Waals surface area contributed by atoms with Gasteiger partial charge in [0.05, 0.1) is 33.3 Å². The summed E-state index contributed by atoms with van der Waals surface area (Å²) in [5.41, 5.74) is 1.86. The van der Waals surface area contributed by atoms with Crippen LogP contribution in [0.1, 0.15) is 17.5 Å². The van der Waals surface area contributed by atoms with Gasteiger partial charge in [-0.1, -0.05) is 42.5 Å². The van der Waals surface area contributed by atoms with Crippen LogP contribution in [-0.4, -0.2) is 73.2 Å². The molecule has 172 valence electrons. The molecule has 8 nitrogen and oxygen atoms in total. The summed E-state index contributed by atoms with van der Waals surface area (Å²) in [6.45, 7) is 2.04. The largest absolute Gasteiger partial charge is 0.493 e. The van der Waals surface area contributed by atoms with Gasteiger partial charge in [0.2, 0.25) is 11.8 Å². The molecule has 2 amide bonds. The summed E-state index contributed by atoms with van der Waals surface area (Å²) in [5.74, 6) is 0.899. The van der Waals surface area contributed by atoms with Crippen LogP contribution in [0.4, 0.5) is 0 Å². The molecule has 2 aromatic carbocycles. The summed E-state index contributed by atoms with van der Waals surface area (Å²) in [7, 11) is 3.17. The standard InChI is InChI=1S/C24H31N3O5/c1-31-21-10-6-9-19(23(21)32-2)17-26-12-11-25-24(30)20(26)15-22(29)27(13-14-28)16-18-7-4-3-5-8-18/h3-10,20,28H,11-17H2,1-2H3,(H,25,30). The second kappa shape index (κ2) is 11.5. The van der Waals surface area contributed by atoms with E-state index in [9.17, 15) is 14.7 Å². The van der Waals surface area contributed by atoms with Crippen LogP contribution in [-0.2, 0) is 22.7 Å². The zero-order chi connectivity index (χ0) is 22.9. The van der Waals surface area contributed by atoms with Gasteiger partial charge in [0.1, 0.15) is 0 Å². The van der Waals surface area contributed by atoms with Gasteiger partial charge in [0.25, 0.3) is 0 Å². The first-order chi connectivity index (χ1) is 15.6. The second-order valence-corrected chi connectivity index (χ2v) is 7.66. The van der Waals surface area contributed by atoms with Crippen molar-refractivity contribution in [2.45, 2.75) is 25.6 Å². The number of benzene rings is 2. The molecule has 0 bridgehead atoms. The zero-order valence-corrected chi connectivity index (χ0v) is 18.6. The Morgan fingerprint density at radius 1 is 1.16 bits per heavy atom. The molecule has 2 aromatic rings. The number of ether oxygens (including phenoxy) is 2. The molecule has 1 aliphatic heterocycles. The molecule has 1 saturated heterocycles. The highest BCUT2D eigenvalue weighted by atomic mass is 16.5. The summed E-state index contributed by atoms with van der Waals surface area (Å²) < 4.78 is 10.9. The number of aliphatic hydroxyl groups is 1. The highest BCUT2D eigenvalue weighted by Crippen LogP contribution is 2.32. The number of nitrogens with zero attached hydrogens (tertiary/aromatic N) is 2. The minimum Gasteiger partial charge on any atom is -0.493 e. The molecule has 0 aliphatic carbocycles. The Hall–Kier alpha value is -3.10. The third-order valence-corrected chi connectivity index (χ3v) is 5.61. The van der Waals surface area contributed by atoms with E-state index in [4.69, 9.17) is 9.47 Å². The van der Waals surface area contributed by atoms with E-state index in [0.717, 1.165) is 11.1 Å². The van der Waals surface area contributed by atoms with E-state index in [-0.39, 0.29) is 31.4 Å². The minimum atomic E-state index is -0.607. The summed E-state index contributed by atoms with van der Waals surface area (Å²) >= 11 is 0. The lowest BCUT2D eigenvalue weighted by Gasteiger charge is -2.36. The highest BCUT2D eigenvalue weighted by molar-refractivity contribution is 5.88. The first kappa shape index (κ1) is 23.6. The Kier molecular flexibility index (Phi) is 8.47. The van der Waals surface area contributed by atoms with E-state index in [0.29, 0.717) is 37.7 Å². The molecule has 1 unspecified atom stereocenters. The van der Waals surface area contributed by atoms with E-state index in [1.807, 2.05) is 53.4 Å². The van der Waals surface area contributed by atoms with Crippen molar-refractivity contribution in [2.75, 3.05) is 40.5 Å². The van der Waals surface area contributed by atoms with Crippen molar-refractivity contribution in [3.63, 3.8) is 0 Å². The second-order valence-electron chi connectivity index (χ2n) is 7.66. The van der Waals surface area contributed by atoms with E-state index >= 15 is 0 Å². The van der Waals surface area contributed by atoms with Crippen molar-refractivity contribution >= 4 is 11.8 Å². The van der Waals surface area contributed by atoms with Crippen molar-refractivity contribution in [1.82, 2.24) is 15.1 Å². The quantitative estimate of drug-likeness (QED) is 0.580. The molecule has 1 atom stereocenters. The average Bonchev–Trinajstić information content (AvgIpc) is 2.81. The summed E-state index contributed by atoms with van der Waals surface area (Å²) in [5, 5.41) is 12.3. The Balaban J connectivity index is 1.76. The molecule has 1 heterocycles. The van der Waals surface area contributed by atoms with Crippen LogP contribution in [0.25, 0.3) is 0 Å². The van der Waals surface area contributed by atoms with Crippen LogP contribution >= 0.6 is 0 Å². The van der Waals surface area contributed by atoms with Gasteiger partial charge in [-0.05, 0) is 11.6 Å². The van der Waals surface area contributed by atoms with E-state index in [1.54, 1.807) is 19.1 Å². The molecule has 0 aromatic heterocycles. The number of amides is 2. The van der Waals surface area contributed by atoms with Gasteiger partial charge in [-0.3, -0.25) is 14.5 Å². The molecule has 2 N–H and O–H groups in total. The third-order valence-electron chi connectivity index (χ3n) is 5.61. The molecule has 0 spiro atoms. The van der Waals surface area contributed by atoms with Crippen molar-refractivity contribution in [3.8, 4) is 11.5 Å². The Bertz CT molecular complexity index is 906. The van der Waals surface area contributed by atoms with Gasteiger partial charge in [-0.25, -0.2) is 0 Å². The van der Waals surface area contributed by atoms with Crippen LogP contribution in [0.3, 0.4) is 0 Å². The molecule has 8 heteroatoms. The van der Waals surface area contributed by atoms with Gasteiger partial charge in [-0.2, -0.15) is 0 Å². The fourth-order valence-corrected chi connectivity index (χ4v) is 3.98. The van der Waals surface area contributed by atoms with Gasteiger partial charge >= 0.3 is 0 Å². The number of rotatable bonds is 10. The van der Waals surface area contributed by atoms with Crippen molar-refractivity contribution < 1.29 is 24.2 Å². The van der Waals surface area contributed by atoms with E-state index in [1.165, 1.54) is 0 Å². The zero-order valence-electron chi connectivity index (χ0n) is 18.6. The lowest BCUT2D eigenvalue weighted by Crippen LogP contribution is -2.56. The first-order valence-electron chi connectivity index (χ1n) is 10.7. The number of nitrogens with one attached hydrogen (secondary N) is 1. The summed E-state index contributed by atoms with van der Waals surface area (Å²) in [4.78, 5) is 29.4. The molecule has 1 aliphatic rings. The summed E-state index contributed by atoms with van der Waals surface area (Å²) in [6.07, 6.45) is 0.0327. The number of carbonyl (C=O) groups is 2. The smallest absolute Gasteiger partial charge is 0.237 e. The highest BCUT2D eigenvalue weighted by Gasteiger charge is 2.33. The van der Waals surface area contributed by atoms with Crippen LogP contribution < -0.4 is 14.8 Å². The van der Waals surface area contributed by atoms with E-state index in [2.05, 4.69) is 5.32 Å². The van der Waals surface area contributed by atoms with Crippen molar-refractivity contribution in [1.29, 1.82) is 0 Å². The monoisotopic (exact) mass is 441 g/mol. The molecule has 32 heavy (non-hydrogen) atoms. The van der Waals surface area contributed by atoms with Gasteiger partial charge < -0.3 is 24.8 Å². The number of piperazine rings is 1. The van der Waals surface area contributed by atoms with Crippen molar-refractivity contribution in [3.05, 3.63) is 59.7 Å². The maximum absolute atomic E-state index is 13.1. The average molecular weight is 442 g/mol. The fraction of sp³-hybridized carbons (Fsp3) is 0.417. The predicted molar refractivity (Wildman–Crippen MR) is 120 cm³/mol. The molecular formula is C24H31N3O5. The van der Waals surface area contributed by atoms with Crippen LogP contribution in [0, 0.1) is 0 Å². The molecule has 0 saturated carbocycles. The predicted octanol–water partition coefficient (Wildman–Crippen LogP) is 1.42. The van der Waals surface area contributed by atoms with Crippen molar-refractivity contribution in [2.24, 2.45) is 0 Å². The molecule has 3 rings (SSSR count). The van der Waals surface area contributed by atoms with Gasteiger partial charge in [0, 0.05) is 38.3 Å². The number of methoxy groups -OCH3 is 2. The number of hydrogen-bond donors (Lipinski definition) is 2. The number of hydrogen-bond acceptors (Lipinski definition) is 6. The van der Waals surface area contributed by atoms with Gasteiger partial charge in [0.15, 0.2) is 11.5 Å². The normalized spacial score (nSPS) is 16.3.